The molecule has 3 aliphatic rings. The number of hydrogen-bond acceptors (Lipinski definition) is 6. The fourth-order valence-corrected chi connectivity index (χ4v) is 8.24. The molecule has 2 bridgehead atoms. The minimum absolute atomic E-state index is 0.0183. The molecule has 7 nitrogen and oxygen atoms in total. The lowest BCUT2D eigenvalue weighted by atomic mass is 9.71. The molecule has 3 aliphatic heterocycles. The zero-order valence-electron chi connectivity index (χ0n) is 21.3. The molecule has 0 aliphatic carbocycles. The van der Waals surface area contributed by atoms with Crippen LogP contribution in [-0.2, 0) is 19.1 Å². The highest BCUT2D eigenvalue weighted by atomic mass is 32.2. The van der Waals surface area contributed by atoms with Crippen LogP contribution in [0.3, 0.4) is 0 Å². The first-order valence-corrected chi connectivity index (χ1v) is 14.0. The van der Waals surface area contributed by atoms with E-state index in [2.05, 4.69) is 13.2 Å². The van der Waals surface area contributed by atoms with E-state index in [4.69, 9.17) is 9.84 Å². The van der Waals surface area contributed by atoms with E-state index >= 15 is 0 Å². The van der Waals surface area contributed by atoms with Crippen molar-refractivity contribution in [3.05, 3.63) is 25.3 Å². The number of amides is 2. The van der Waals surface area contributed by atoms with Crippen molar-refractivity contribution in [1.82, 2.24) is 9.80 Å². The van der Waals surface area contributed by atoms with Gasteiger partial charge in [0.15, 0.2) is 0 Å². The molecule has 8 heteroatoms. The minimum atomic E-state index is -0.580. The van der Waals surface area contributed by atoms with Crippen molar-refractivity contribution >= 4 is 29.5 Å². The Morgan fingerprint density at radius 2 is 1.97 bits per heavy atom. The Morgan fingerprint density at radius 1 is 1.23 bits per heavy atom. The second kappa shape index (κ2) is 12.4. The summed E-state index contributed by atoms with van der Waals surface area (Å²) in [5.41, 5.74) is 0. The van der Waals surface area contributed by atoms with Crippen LogP contribution in [-0.4, -0.2) is 81.1 Å². The van der Waals surface area contributed by atoms with E-state index in [9.17, 15) is 14.4 Å². The van der Waals surface area contributed by atoms with E-state index in [1.54, 1.807) is 33.7 Å². The van der Waals surface area contributed by atoms with Crippen molar-refractivity contribution < 1.29 is 24.2 Å². The first-order valence-electron chi connectivity index (χ1n) is 13.1. The van der Waals surface area contributed by atoms with Crippen molar-refractivity contribution in [3.8, 4) is 0 Å². The molecule has 0 aromatic carbocycles. The van der Waals surface area contributed by atoms with Crippen LogP contribution in [0.2, 0.25) is 0 Å². The van der Waals surface area contributed by atoms with Gasteiger partial charge in [0.1, 0.15) is 6.04 Å². The Bertz CT molecular complexity index is 802. The molecule has 3 rings (SSSR count). The molecule has 1 N–H and O–H groups in total. The fourth-order valence-electron chi connectivity index (χ4n) is 6.04. The second-order valence-electron chi connectivity index (χ2n) is 10.2. The van der Waals surface area contributed by atoms with Gasteiger partial charge >= 0.3 is 5.97 Å². The van der Waals surface area contributed by atoms with Gasteiger partial charge in [-0.1, -0.05) is 25.0 Å². The average molecular weight is 507 g/mol. The number of unbranched alkanes of at least 4 members (excludes halogenated alkanes) is 4. The van der Waals surface area contributed by atoms with Gasteiger partial charge in [-0.15, -0.1) is 24.9 Å². The summed E-state index contributed by atoms with van der Waals surface area (Å²) in [5.74, 6) is -1.42. The van der Waals surface area contributed by atoms with Crippen molar-refractivity contribution in [3.63, 3.8) is 0 Å². The van der Waals surface area contributed by atoms with E-state index < -0.39 is 22.6 Å². The molecule has 0 radical (unpaired) electrons. The Morgan fingerprint density at radius 3 is 2.63 bits per heavy atom. The number of ether oxygens (including phenoxy) is 1. The average Bonchev–Trinajstić information content (AvgIpc) is 3.47. The predicted octanol–water partition coefficient (Wildman–Crippen LogP) is 3.56. The Hall–Kier alpha value is -1.80. The smallest absolute Gasteiger partial charge is 0.310 e. The molecule has 3 heterocycles. The third-order valence-corrected chi connectivity index (χ3v) is 9.59. The van der Waals surface area contributed by atoms with Crippen LogP contribution in [0, 0.1) is 11.8 Å². The summed E-state index contributed by atoms with van der Waals surface area (Å²) >= 11 is 1.68. The fraction of sp³-hybridized carbons (Fsp3) is 0.741. The molecular weight excluding hydrogens is 464 g/mol. The summed E-state index contributed by atoms with van der Waals surface area (Å²) in [6, 6.07) is -0.597. The van der Waals surface area contributed by atoms with Gasteiger partial charge in [0.05, 0.1) is 23.2 Å². The number of esters is 1. The SMILES string of the molecule is C=CCCCOC(=O)[C@@H]1[C@H]2C(=O)N(CCCCCCO)C(C(=O)N(CC=C)C(C)C)C23CC[C@H]1S3. The summed E-state index contributed by atoms with van der Waals surface area (Å²) in [5, 5.41) is 9.09. The van der Waals surface area contributed by atoms with Crippen LogP contribution in [0.25, 0.3) is 0 Å². The molecule has 3 fully saturated rings. The largest absolute Gasteiger partial charge is 0.465 e. The van der Waals surface area contributed by atoms with E-state index in [1.165, 1.54) is 0 Å². The van der Waals surface area contributed by atoms with Crippen LogP contribution in [0.15, 0.2) is 25.3 Å². The van der Waals surface area contributed by atoms with E-state index in [-0.39, 0.29) is 35.7 Å². The second-order valence-corrected chi connectivity index (χ2v) is 11.8. The highest BCUT2D eigenvalue weighted by Gasteiger charge is 2.74. The van der Waals surface area contributed by atoms with Crippen LogP contribution in [0.5, 0.6) is 0 Å². The molecule has 196 valence electrons. The number of carbonyl (C=O) groups excluding carboxylic acids is 3. The number of likely N-dealkylation sites (tertiary alicyclic amines) is 1. The summed E-state index contributed by atoms with van der Waals surface area (Å²) in [6.45, 7) is 12.9. The quantitative estimate of drug-likeness (QED) is 0.208. The van der Waals surface area contributed by atoms with Crippen molar-refractivity contribution in [1.29, 1.82) is 0 Å². The van der Waals surface area contributed by atoms with Crippen LogP contribution < -0.4 is 0 Å². The van der Waals surface area contributed by atoms with Gasteiger partial charge in [0, 0.05) is 31.0 Å². The third kappa shape index (κ3) is 5.48. The molecule has 2 unspecified atom stereocenters. The molecule has 1 spiro atoms. The normalized spacial score (nSPS) is 28.9. The van der Waals surface area contributed by atoms with Crippen LogP contribution in [0.1, 0.15) is 65.2 Å². The van der Waals surface area contributed by atoms with E-state index in [1.807, 2.05) is 13.8 Å². The highest BCUT2D eigenvalue weighted by molar-refractivity contribution is 8.02. The van der Waals surface area contributed by atoms with Gasteiger partial charge < -0.3 is 19.6 Å². The number of fused-ring (bicyclic) bond motifs is 1. The summed E-state index contributed by atoms with van der Waals surface area (Å²) in [6.07, 6.45) is 9.87. The standard InChI is InChI=1S/C27H42N2O5S/c1-5-7-12-18-34-26(33)21-20-13-14-27(35-20)22(21)24(31)29(16-10-8-9-11-17-30)23(27)25(32)28(15-6-2)19(3)4/h5-6,19-23,30H,1-2,7-18H2,3-4H3/t20-,21+,22+,23?,27?/m1/s1. The lowest BCUT2D eigenvalue weighted by molar-refractivity contribution is -0.154. The number of aliphatic hydroxyl groups excluding tert-OH is 1. The molecule has 0 aromatic heterocycles. The van der Waals surface area contributed by atoms with Gasteiger partial charge in [-0.05, 0) is 52.4 Å². The molecule has 2 amide bonds. The summed E-state index contributed by atoms with van der Waals surface area (Å²) in [4.78, 5) is 44.7. The number of nitrogens with zero attached hydrogens (tertiary/aromatic N) is 2. The van der Waals surface area contributed by atoms with Gasteiger partial charge in [-0.3, -0.25) is 14.4 Å². The molecule has 0 aromatic rings. The Kier molecular flexibility index (Phi) is 9.87. The number of hydrogen-bond donors (Lipinski definition) is 1. The molecule has 5 atom stereocenters. The highest BCUT2D eigenvalue weighted by Crippen LogP contribution is 2.66. The first-order chi connectivity index (χ1) is 16.8. The summed E-state index contributed by atoms with van der Waals surface area (Å²) < 4.78 is 5.03. The number of rotatable bonds is 15. The molecule has 0 saturated carbocycles. The summed E-state index contributed by atoms with van der Waals surface area (Å²) in [7, 11) is 0. The Balaban J connectivity index is 1.87. The topological polar surface area (TPSA) is 87.1 Å². The van der Waals surface area contributed by atoms with Gasteiger partial charge in [-0.25, -0.2) is 0 Å². The van der Waals surface area contributed by atoms with E-state index in [0.717, 1.165) is 51.4 Å². The van der Waals surface area contributed by atoms with Crippen molar-refractivity contribution in [2.45, 2.75) is 87.3 Å². The minimum Gasteiger partial charge on any atom is -0.465 e. The maximum absolute atomic E-state index is 14.0. The predicted molar refractivity (Wildman–Crippen MR) is 139 cm³/mol. The molecule has 3 saturated heterocycles. The van der Waals surface area contributed by atoms with Crippen LogP contribution in [0.4, 0.5) is 0 Å². The Labute approximate surface area is 214 Å². The monoisotopic (exact) mass is 506 g/mol. The van der Waals surface area contributed by atoms with E-state index in [0.29, 0.717) is 19.7 Å². The number of aliphatic hydroxyl groups is 1. The maximum Gasteiger partial charge on any atom is 0.310 e. The molecular formula is C27H42N2O5S. The lowest BCUT2D eigenvalue weighted by Gasteiger charge is -2.38. The van der Waals surface area contributed by atoms with Gasteiger partial charge in [0.25, 0.3) is 0 Å². The van der Waals surface area contributed by atoms with Crippen molar-refractivity contribution in [2.24, 2.45) is 11.8 Å². The zero-order valence-corrected chi connectivity index (χ0v) is 22.1. The zero-order chi connectivity index (χ0) is 25.6. The van der Waals surface area contributed by atoms with Crippen molar-refractivity contribution in [2.75, 3.05) is 26.3 Å². The van der Waals surface area contributed by atoms with Crippen LogP contribution >= 0.6 is 11.8 Å². The van der Waals surface area contributed by atoms with Gasteiger partial charge in [-0.2, -0.15) is 0 Å². The number of thioether (sulfide) groups is 1. The third-order valence-electron chi connectivity index (χ3n) is 7.64. The maximum atomic E-state index is 14.0. The number of carbonyl (C=O) groups is 3. The number of allylic oxidation sites excluding steroid dienone is 1. The molecule has 35 heavy (non-hydrogen) atoms. The first kappa shape index (κ1) is 27.8. The van der Waals surface area contributed by atoms with Gasteiger partial charge in [0.2, 0.25) is 11.8 Å². The lowest BCUT2D eigenvalue weighted by Crippen LogP contribution is -2.56.